The number of pyridine rings is 1. The van der Waals surface area contributed by atoms with E-state index in [4.69, 9.17) is 21.7 Å². The van der Waals surface area contributed by atoms with Crippen molar-refractivity contribution < 1.29 is 14.3 Å². The van der Waals surface area contributed by atoms with Crippen LogP contribution in [-0.4, -0.2) is 48.0 Å². The summed E-state index contributed by atoms with van der Waals surface area (Å²) in [6.07, 6.45) is 1.80. The predicted molar refractivity (Wildman–Crippen MR) is 141 cm³/mol. The fourth-order valence-corrected chi connectivity index (χ4v) is 4.98. The molecule has 0 aliphatic carbocycles. The van der Waals surface area contributed by atoms with Crippen LogP contribution in [0.5, 0.6) is 0 Å². The lowest BCUT2D eigenvalue weighted by atomic mass is 9.96. The third-order valence-corrected chi connectivity index (χ3v) is 6.57. The number of ether oxygens (including phenoxy) is 2. The number of benzene rings is 1. The van der Waals surface area contributed by atoms with E-state index in [-0.39, 0.29) is 24.6 Å². The van der Waals surface area contributed by atoms with E-state index in [1.54, 1.807) is 13.3 Å². The molecule has 0 radical (unpaired) electrons. The van der Waals surface area contributed by atoms with Crippen LogP contribution in [0.15, 0.2) is 54.7 Å². The zero-order valence-corrected chi connectivity index (χ0v) is 21.3. The van der Waals surface area contributed by atoms with Crippen LogP contribution in [-0.2, 0) is 20.8 Å². The first kappa shape index (κ1) is 24.8. The third-order valence-electron chi connectivity index (χ3n) is 6.25. The highest BCUT2D eigenvalue weighted by molar-refractivity contribution is 7.80. The lowest BCUT2D eigenvalue weighted by Crippen LogP contribution is -2.29. The first-order valence-corrected chi connectivity index (χ1v) is 11.9. The van der Waals surface area contributed by atoms with Gasteiger partial charge in [-0.15, -0.1) is 0 Å². The summed E-state index contributed by atoms with van der Waals surface area (Å²) in [4.78, 5) is 18.7. The lowest BCUT2D eigenvalue weighted by Gasteiger charge is -2.28. The number of anilines is 2. The Morgan fingerprint density at radius 3 is 2.57 bits per heavy atom. The number of methoxy groups -OCH3 is 2. The number of aromatic nitrogens is 2. The molecule has 1 aromatic carbocycles. The van der Waals surface area contributed by atoms with E-state index in [0.717, 1.165) is 17.9 Å². The Balaban J connectivity index is 1.73. The molecule has 4 rings (SSSR count). The average molecular weight is 494 g/mol. The van der Waals surface area contributed by atoms with Gasteiger partial charge in [-0.25, -0.2) is 0 Å². The summed E-state index contributed by atoms with van der Waals surface area (Å²) >= 11 is 5.84. The van der Waals surface area contributed by atoms with Gasteiger partial charge < -0.3 is 29.6 Å². The summed E-state index contributed by atoms with van der Waals surface area (Å²) in [6, 6.07) is 15.6. The van der Waals surface area contributed by atoms with Crippen molar-refractivity contribution in [3.63, 3.8) is 0 Å². The summed E-state index contributed by atoms with van der Waals surface area (Å²) in [7, 11) is 3.21. The maximum absolute atomic E-state index is 11.9. The molecule has 3 aromatic rings. The number of carbonyl (C=O) groups is 1. The van der Waals surface area contributed by atoms with Gasteiger partial charge in [0.05, 0.1) is 24.4 Å². The lowest BCUT2D eigenvalue weighted by molar-refractivity contribution is -0.119. The van der Waals surface area contributed by atoms with Crippen LogP contribution in [0, 0.1) is 13.8 Å². The highest BCUT2D eigenvalue weighted by Gasteiger charge is 2.42. The van der Waals surface area contributed by atoms with Crippen LogP contribution in [0.1, 0.15) is 34.7 Å². The molecule has 1 amide bonds. The number of thiocarbonyl (C=S) groups is 1. The van der Waals surface area contributed by atoms with Gasteiger partial charge in [0.15, 0.2) is 5.11 Å². The van der Waals surface area contributed by atoms with E-state index < -0.39 is 0 Å². The number of rotatable bonds is 9. The maximum Gasteiger partial charge on any atom is 0.250 e. The zero-order chi connectivity index (χ0) is 24.9. The monoisotopic (exact) mass is 493 g/mol. The van der Waals surface area contributed by atoms with Crippen molar-refractivity contribution in [1.82, 2.24) is 14.9 Å². The minimum atomic E-state index is -0.199. The largest absolute Gasteiger partial charge is 0.383 e. The second-order valence-electron chi connectivity index (χ2n) is 8.50. The highest BCUT2D eigenvalue weighted by atomic mass is 32.1. The van der Waals surface area contributed by atoms with Gasteiger partial charge in [0.25, 0.3) is 0 Å². The molecule has 9 heteroatoms. The van der Waals surface area contributed by atoms with Gasteiger partial charge in [0, 0.05) is 49.7 Å². The molecule has 1 saturated heterocycles. The molecular formula is C26H31N5O3S. The number of hydrogen-bond acceptors (Lipinski definition) is 5. The molecule has 0 saturated carbocycles. The number of carbonyl (C=O) groups excluding carboxylic acids is 1. The molecule has 184 valence electrons. The van der Waals surface area contributed by atoms with Gasteiger partial charge in [0.1, 0.15) is 6.61 Å². The smallest absolute Gasteiger partial charge is 0.250 e. The molecule has 0 spiro atoms. The Morgan fingerprint density at radius 1 is 1.14 bits per heavy atom. The summed E-state index contributed by atoms with van der Waals surface area (Å²) in [5.74, 6) is -0.199. The molecule has 2 aromatic heterocycles. The molecule has 0 bridgehead atoms. The van der Waals surface area contributed by atoms with E-state index in [1.165, 1.54) is 24.1 Å². The highest BCUT2D eigenvalue weighted by Crippen LogP contribution is 2.43. The second-order valence-corrected chi connectivity index (χ2v) is 8.88. The van der Waals surface area contributed by atoms with Gasteiger partial charge in [-0.1, -0.05) is 6.07 Å². The molecule has 1 aliphatic rings. The van der Waals surface area contributed by atoms with Gasteiger partial charge in [0.2, 0.25) is 5.91 Å². The van der Waals surface area contributed by atoms with Crippen molar-refractivity contribution in [1.29, 1.82) is 0 Å². The quantitative estimate of drug-likeness (QED) is 0.438. The van der Waals surface area contributed by atoms with E-state index in [9.17, 15) is 4.79 Å². The van der Waals surface area contributed by atoms with Crippen molar-refractivity contribution in [2.24, 2.45) is 0 Å². The minimum absolute atomic E-state index is 0.00833. The van der Waals surface area contributed by atoms with E-state index in [1.807, 2.05) is 42.5 Å². The Hall–Kier alpha value is -3.27. The van der Waals surface area contributed by atoms with Crippen LogP contribution in [0.25, 0.3) is 0 Å². The Labute approximate surface area is 211 Å². The molecule has 1 fully saturated rings. The number of amides is 1. The van der Waals surface area contributed by atoms with Crippen molar-refractivity contribution in [2.45, 2.75) is 32.5 Å². The molecule has 2 N–H and O–H groups in total. The van der Waals surface area contributed by atoms with E-state index in [0.29, 0.717) is 17.4 Å². The zero-order valence-electron chi connectivity index (χ0n) is 20.4. The average Bonchev–Trinajstić information content (AvgIpc) is 3.34. The first-order valence-electron chi connectivity index (χ1n) is 11.5. The fraction of sp³-hybridized carbons (Fsp3) is 0.346. The van der Waals surface area contributed by atoms with Crippen LogP contribution in [0.3, 0.4) is 0 Å². The van der Waals surface area contributed by atoms with Crippen LogP contribution in [0.2, 0.25) is 0 Å². The van der Waals surface area contributed by atoms with Gasteiger partial charge in [-0.2, -0.15) is 0 Å². The van der Waals surface area contributed by atoms with E-state index >= 15 is 0 Å². The summed E-state index contributed by atoms with van der Waals surface area (Å²) < 4.78 is 12.5. The molecular weight excluding hydrogens is 462 g/mol. The SMILES string of the molecule is COCCn1c(C)cc([C@H]2[C@@H](c3ccccn3)NC(=S)N2c2ccc(NC(=O)COC)cc2)c1C. The molecule has 35 heavy (non-hydrogen) atoms. The van der Waals surface area contributed by atoms with E-state index in [2.05, 4.69) is 45.0 Å². The maximum atomic E-state index is 11.9. The molecule has 8 nitrogen and oxygen atoms in total. The first-order chi connectivity index (χ1) is 16.9. The molecule has 3 heterocycles. The fourth-order valence-electron chi connectivity index (χ4n) is 4.64. The Morgan fingerprint density at radius 2 is 1.91 bits per heavy atom. The number of nitrogens with one attached hydrogen (secondary N) is 2. The van der Waals surface area contributed by atoms with Gasteiger partial charge in [-0.05, 0) is 74.1 Å². The number of hydrogen-bond donors (Lipinski definition) is 2. The van der Waals surface area contributed by atoms with Crippen LogP contribution in [0.4, 0.5) is 11.4 Å². The van der Waals surface area contributed by atoms with Crippen molar-refractivity contribution in [3.05, 3.63) is 77.4 Å². The Bertz CT molecular complexity index is 1180. The summed E-state index contributed by atoms with van der Waals surface area (Å²) in [6.45, 7) is 5.68. The van der Waals surface area contributed by atoms with Crippen LogP contribution >= 0.6 is 12.2 Å². The minimum Gasteiger partial charge on any atom is -0.383 e. The van der Waals surface area contributed by atoms with Crippen molar-refractivity contribution in [2.75, 3.05) is 37.7 Å². The molecule has 0 unspecified atom stereocenters. The van der Waals surface area contributed by atoms with Crippen molar-refractivity contribution >= 4 is 34.6 Å². The molecule has 2 atom stereocenters. The Kier molecular flexibility index (Phi) is 7.80. The standard InChI is InChI=1S/C26H31N5O3S/c1-17-15-21(18(2)30(17)13-14-33-3)25-24(22-7-5-6-12-27-22)29-26(35)31(25)20-10-8-19(9-11-20)28-23(32)16-34-4/h5-12,15,24-25H,13-14,16H2,1-4H3,(H,28,32)(H,29,35)/t24-,25+/m1/s1. The number of aryl methyl sites for hydroxylation is 1. The summed E-state index contributed by atoms with van der Waals surface area (Å²) in [5, 5.41) is 6.97. The van der Waals surface area contributed by atoms with Gasteiger partial charge >= 0.3 is 0 Å². The predicted octanol–water partition coefficient (Wildman–Crippen LogP) is 3.91. The second kappa shape index (κ2) is 11.0. The normalized spacial score (nSPS) is 17.5. The summed E-state index contributed by atoms with van der Waals surface area (Å²) in [5.41, 5.74) is 6.07. The van der Waals surface area contributed by atoms with Crippen molar-refractivity contribution in [3.8, 4) is 0 Å². The molecule has 1 aliphatic heterocycles. The topological polar surface area (TPSA) is 80.7 Å². The van der Waals surface area contributed by atoms with Crippen LogP contribution < -0.4 is 15.5 Å². The van der Waals surface area contributed by atoms with Gasteiger partial charge in [-0.3, -0.25) is 9.78 Å². The number of nitrogens with zero attached hydrogens (tertiary/aromatic N) is 3. The third kappa shape index (κ3) is 5.22.